The number of aromatic amines is 2. The number of rotatable bonds is 8. The van der Waals surface area contributed by atoms with Gasteiger partial charge < -0.3 is 30.4 Å². The molecule has 8 rings (SSSR count). The van der Waals surface area contributed by atoms with Crippen molar-refractivity contribution in [3.63, 3.8) is 0 Å². The zero-order valence-corrected chi connectivity index (χ0v) is 30.8. The highest BCUT2D eigenvalue weighted by atomic mass is 19.1. The summed E-state index contributed by atoms with van der Waals surface area (Å²) in [5, 5.41) is 16.4. The maximum Gasteiger partial charge on any atom is 0.221 e. The Balaban J connectivity index is 0.000000177. The van der Waals surface area contributed by atoms with Gasteiger partial charge in [-0.2, -0.15) is 0 Å². The molecular weight excluding hydrogens is 731 g/mol. The first kappa shape index (κ1) is 37.6. The largest absolute Gasteiger partial charge is 0.508 e. The Morgan fingerprint density at radius 2 is 1.23 bits per heavy atom. The monoisotopic (exact) mass is 764 g/mol. The van der Waals surface area contributed by atoms with Gasteiger partial charge in [0.1, 0.15) is 22.9 Å². The molecule has 57 heavy (non-hydrogen) atoms. The number of carbonyl (C=O) groups excluding carboxylic acids is 3. The molecule has 0 saturated heterocycles. The average Bonchev–Trinajstić information content (AvgIpc) is 3.82. The number of methoxy groups -OCH3 is 1. The minimum Gasteiger partial charge on any atom is -0.508 e. The number of fused-ring (bicyclic) bond motifs is 2. The number of hydrogen-bond donors (Lipinski definition) is 5. The van der Waals surface area contributed by atoms with Crippen LogP contribution in [0.3, 0.4) is 0 Å². The molecule has 11 nitrogen and oxygen atoms in total. The van der Waals surface area contributed by atoms with Crippen LogP contribution in [0.15, 0.2) is 122 Å². The van der Waals surface area contributed by atoms with Crippen molar-refractivity contribution in [1.29, 1.82) is 0 Å². The van der Waals surface area contributed by atoms with E-state index in [1.165, 1.54) is 27.2 Å². The van der Waals surface area contributed by atoms with Gasteiger partial charge >= 0.3 is 0 Å². The molecule has 4 aromatic heterocycles. The molecule has 4 aromatic carbocycles. The molecule has 2 amide bonds. The van der Waals surface area contributed by atoms with Crippen molar-refractivity contribution in [3.8, 4) is 44.9 Å². The summed E-state index contributed by atoms with van der Waals surface area (Å²) >= 11 is 0. The number of nitrogens with one attached hydrogen (secondary N) is 4. The Labute approximate surface area is 324 Å². The van der Waals surface area contributed by atoms with Gasteiger partial charge in [-0.15, -0.1) is 0 Å². The van der Waals surface area contributed by atoms with Gasteiger partial charge in [0.25, 0.3) is 0 Å². The Morgan fingerprint density at radius 1 is 0.667 bits per heavy atom. The molecule has 8 aromatic rings. The highest BCUT2D eigenvalue weighted by Gasteiger charge is 2.25. The number of carbonyl (C=O) groups is 3. The predicted octanol–water partition coefficient (Wildman–Crippen LogP) is 9.27. The molecule has 0 aliphatic heterocycles. The van der Waals surface area contributed by atoms with Crippen LogP contribution in [-0.4, -0.2) is 49.7 Å². The van der Waals surface area contributed by atoms with E-state index in [0.29, 0.717) is 22.3 Å². The van der Waals surface area contributed by atoms with E-state index < -0.39 is 23.0 Å². The average molecular weight is 765 g/mol. The predicted molar refractivity (Wildman–Crippen MR) is 215 cm³/mol. The number of nitrogens with zero attached hydrogens (tertiary/aromatic N) is 2. The standard InChI is InChI=1S/C23H17F2N3O3.C21H17N3O2/c1-12(29)28-15-5-3-4-13(8-15)14-9-16-17(11-27-23(16)26-10-14)22(30)20-18(24)6-7-19(31-2)21(20)25;1-13(25)24-17-4-2-3-15(9-17)16-10-19-20(12-23-21(19)22-11-16)14-5-7-18(26)8-6-14/h3-11H,1-2H3,(H,26,27)(H,28,29);2-12,26H,1H3,(H,22,23)(H,24,25). The first-order valence-electron chi connectivity index (χ1n) is 17.6. The van der Waals surface area contributed by atoms with E-state index in [-0.39, 0.29) is 28.9 Å². The van der Waals surface area contributed by atoms with Gasteiger partial charge in [0, 0.05) is 83.0 Å². The molecule has 0 bridgehead atoms. The third-order valence-corrected chi connectivity index (χ3v) is 9.02. The Hall–Kier alpha value is -7.67. The summed E-state index contributed by atoms with van der Waals surface area (Å²) in [6.45, 7) is 2.90. The van der Waals surface area contributed by atoms with Crippen LogP contribution in [-0.2, 0) is 9.59 Å². The number of pyridine rings is 2. The van der Waals surface area contributed by atoms with Crippen LogP contribution < -0.4 is 15.4 Å². The number of ether oxygens (including phenoxy) is 1. The zero-order valence-electron chi connectivity index (χ0n) is 30.8. The summed E-state index contributed by atoms with van der Waals surface area (Å²) in [6.07, 6.45) is 6.70. The fourth-order valence-electron chi connectivity index (χ4n) is 6.38. The Morgan fingerprint density at radius 3 is 1.81 bits per heavy atom. The fourth-order valence-corrected chi connectivity index (χ4v) is 6.38. The molecule has 0 aliphatic rings. The molecule has 0 aliphatic carbocycles. The summed E-state index contributed by atoms with van der Waals surface area (Å²) in [5.41, 5.74) is 7.31. The van der Waals surface area contributed by atoms with Crippen LogP contribution >= 0.6 is 0 Å². The second-order valence-electron chi connectivity index (χ2n) is 13.0. The lowest BCUT2D eigenvalue weighted by molar-refractivity contribution is -0.115. The number of halogens is 2. The number of aromatic nitrogens is 4. The van der Waals surface area contributed by atoms with Crippen molar-refractivity contribution in [2.75, 3.05) is 17.7 Å². The lowest BCUT2D eigenvalue weighted by Gasteiger charge is -2.08. The minimum absolute atomic E-state index is 0.0772. The van der Waals surface area contributed by atoms with E-state index in [1.807, 2.05) is 54.9 Å². The number of aromatic hydroxyl groups is 1. The molecular formula is C44H34F2N6O5. The van der Waals surface area contributed by atoms with Crippen molar-refractivity contribution in [3.05, 3.63) is 145 Å². The van der Waals surface area contributed by atoms with E-state index in [4.69, 9.17) is 4.74 Å². The van der Waals surface area contributed by atoms with Gasteiger partial charge in [0.15, 0.2) is 11.6 Å². The van der Waals surface area contributed by atoms with Crippen LogP contribution in [0.2, 0.25) is 0 Å². The fraction of sp³-hybridized carbons (Fsp3) is 0.0682. The third kappa shape index (κ3) is 8.08. The molecule has 5 N–H and O–H groups in total. The van der Waals surface area contributed by atoms with Crippen molar-refractivity contribution in [2.24, 2.45) is 0 Å². The van der Waals surface area contributed by atoms with E-state index in [1.54, 1.807) is 42.6 Å². The van der Waals surface area contributed by atoms with Crippen LogP contribution in [0.1, 0.15) is 29.8 Å². The normalized spacial score (nSPS) is 10.8. The van der Waals surface area contributed by atoms with E-state index >= 15 is 0 Å². The summed E-state index contributed by atoms with van der Waals surface area (Å²) in [7, 11) is 1.24. The van der Waals surface area contributed by atoms with Crippen molar-refractivity contribution in [2.45, 2.75) is 13.8 Å². The van der Waals surface area contributed by atoms with Crippen molar-refractivity contribution < 1.29 is 33.0 Å². The quantitative estimate of drug-likeness (QED) is 0.0964. The number of hydrogen-bond acceptors (Lipinski definition) is 7. The first-order valence-corrected chi connectivity index (χ1v) is 17.6. The first-order chi connectivity index (χ1) is 27.5. The SMILES string of the molecule is CC(=O)Nc1cccc(-c2cnc3[nH]cc(-c4ccc(O)cc4)c3c2)c1.COc1ccc(F)c(C(=O)c2c[nH]c3ncc(-c4cccc(NC(C)=O)c4)cc23)c1F. The van der Waals surface area contributed by atoms with Crippen LogP contribution in [0.5, 0.6) is 11.5 Å². The van der Waals surface area contributed by atoms with E-state index in [0.717, 1.165) is 56.7 Å². The van der Waals surface area contributed by atoms with Crippen molar-refractivity contribution >= 4 is 51.0 Å². The van der Waals surface area contributed by atoms with Gasteiger partial charge in [-0.1, -0.05) is 36.4 Å². The molecule has 4 heterocycles. The van der Waals surface area contributed by atoms with Crippen LogP contribution in [0.25, 0.3) is 55.4 Å². The minimum atomic E-state index is -1.06. The Kier molecular flexibility index (Phi) is 10.5. The highest BCUT2D eigenvalue weighted by molar-refractivity contribution is 6.16. The van der Waals surface area contributed by atoms with E-state index in [9.17, 15) is 28.3 Å². The number of phenols is 1. The van der Waals surface area contributed by atoms with E-state index in [2.05, 4.69) is 36.6 Å². The second kappa shape index (κ2) is 16.0. The highest BCUT2D eigenvalue weighted by Crippen LogP contribution is 2.33. The lowest BCUT2D eigenvalue weighted by atomic mass is 10.00. The zero-order chi connectivity index (χ0) is 40.2. The molecule has 0 spiro atoms. The van der Waals surface area contributed by atoms with Crippen LogP contribution in [0.4, 0.5) is 20.2 Å². The molecule has 0 radical (unpaired) electrons. The molecule has 0 fully saturated rings. The maximum absolute atomic E-state index is 14.6. The summed E-state index contributed by atoms with van der Waals surface area (Å²) in [4.78, 5) is 50.5. The lowest BCUT2D eigenvalue weighted by Crippen LogP contribution is -2.08. The molecule has 0 unspecified atom stereocenters. The third-order valence-electron chi connectivity index (χ3n) is 9.02. The number of benzene rings is 4. The van der Waals surface area contributed by atoms with Gasteiger partial charge in [-0.05, 0) is 77.4 Å². The molecule has 0 saturated carbocycles. The van der Waals surface area contributed by atoms with Gasteiger partial charge in [0.2, 0.25) is 17.6 Å². The number of H-pyrrole nitrogens is 2. The van der Waals surface area contributed by atoms with Gasteiger partial charge in [-0.3, -0.25) is 14.4 Å². The summed E-state index contributed by atoms with van der Waals surface area (Å²) in [6, 6.07) is 27.8. The number of phenolic OH excluding ortho intramolecular Hbond substituents is 1. The van der Waals surface area contributed by atoms with Gasteiger partial charge in [0.05, 0.1) is 12.7 Å². The number of amides is 2. The van der Waals surface area contributed by atoms with Crippen molar-refractivity contribution in [1.82, 2.24) is 19.9 Å². The molecule has 0 atom stereocenters. The number of ketones is 1. The second-order valence-corrected chi connectivity index (χ2v) is 13.0. The summed E-state index contributed by atoms with van der Waals surface area (Å²) < 4.78 is 33.8. The summed E-state index contributed by atoms with van der Waals surface area (Å²) in [5.74, 6) is -3.16. The molecule has 284 valence electrons. The maximum atomic E-state index is 14.6. The smallest absolute Gasteiger partial charge is 0.221 e. The Bertz CT molecular complexity index is 2810. The number of anilines is 2. The van der Waals surface area contributed by atoms with Crippen LogP contribution in [0, 0.1) is 11.6 Å². The molecule has 13 heteroatoms. The van der Waals surface area contributed by atoms with Gasteiger partial charge in [-0.25, -0.2) is 18.7 Å². The topological polar surface area (TPSA) is 162 Å².